The number of amides is 1. The fraction of sp³-hybridized carbons (Fsp3) is 0.318. The first kappa shape index (κ1) is 20.3. The minimum absolute atomic E-state index is 0.0920. The zero-order chi connectivity index (χ0) is 20.9. The summed E-state index contributed by atoms with van der Waals surface area (Å²) in [5, 5.41) is 8.63. The highest BCUT2D eigenvalue weighted by atomic mass is 32.2. The highest BCUT2D eigenvalue weighted by Gasteiger charge is 2.30. The van der Waals surface area contributed by atoms with Crippen molar-refractivity contribution in [1.82, 2.24) is 19.8 Å². The molecule has 0 bridgehead atoms. The lowest BCUT2D eigenvalue weighted by Gasteiger charge is -2.22. The molecule has 2 heterocycles. The maximum absolute atomic E-state index is 13.2. The average Bonchev–Trinajstić information content (AvgIpc) is 3.44. The molecular formula is C22H25N5O2S. The number of carbonyl (C=O) groups excluding carboxylic acids is 1. The van der Waals surface area contributed by atoms with Gasteiger partial charge in [-0.15, -0.1) is 10.2 Å². The van der Waals surface area contributed by atoms with E-state index in [0.717, 1.165) is 42.8 Å². The molecule has 30 heavy (non-hydrogen) atoms. The van der Waals surface area contributed by atoms with Gasteiger partial charge in [-0.05, 0) is 49.6 Å². The van der Waals surface area contributed by atoms with Crippen LogP contribution < -0.4 is 10.6 Å². The van der Waals surface area contributed by atoms with Crippen molar-refractivity contribution in [2.75, 3.05) is 25.5 Å². The van der Waals surface area contributed by atoms with Gasteiger partial charge < -0.3 is 15.5 Å². The van der Waals surface area contributed by atoms with E-state index in [4.69, 9.17) is 10.6 Å². The number of nitrogens with zero attached hydrogens (tertiary/aromatic N) is 4. The first-order chi connectivity index (χ1) is 14.7. The van der Waals surface area contributed by atoms with Crippen LogP contribution in [0.2, 0.25) is 0 Å². The summed E-state index contributed by atoms with van der Waals surface area (Å²) < 4.78 is 6.94. The van der Waals surface area contributed by atoms with Gasteiger partial charge in [0, 0.05) is 18.7 Å². The normalized spacial score (nSPS) is 14.6. The molecular weight excluding hydrogens is 398 g/mol. The number of nitrogens with two attached hydrogens (primary N) is 1. The molecule has 1 aliphatic rings. The van der Waals surface area contributed by atoms with Crippen LogP contribution in [0.15, 0.2) is 59.8 Å². The van der Waals surface area contributed by atoms with E-state index in [9.17, 15) is 4.79 Å². The van der Waals surface area contributed by atoms with Crippen LogP contribution >= 0.6 is 11.8 Å². The number of benzene rings is 2. The van der Waals surface area contributed by atoms with E-state index in [1.807, 2.05) is 66.4 Å². The van der Waals surface area contributed by atoms with Crippen molar-refractivity contribution in [3.8, 4) is 17.1 Å². The lowest BCUT2D eigenvalue weighted by molar-refractivity contribution is -0.129. The summed E-state index contributed by atoms with van der Waals surface area (Å²) >= 11 is 1.34. The monoisotopic (exact) mass is 423 g/mol. The molecule has 0 radical (unpaired) electrons. The fourth-order valence-corrected chi connectivity index (χ4v) is 4.56. The average molecular weight is 424 g/mol. The number of likely N-dealkylation sites (tertiary alicyclic amines) is 1. The van der Waals surface area contributed by atoms with Gasteiger partial charge in [0.2, 0.25) is 11.1 Å². The molecule has 3 aromatic rings. The van der Waals surface area contributed by atoms with Crippen LogP contribution in [0.4, 0.5) is 0 Å². The van der Waals surface area contributed by atoms with Gasteiger partial charge >= 0.3 is 0 Å². The number of nitrogen functional groups attached to an aromatic ring is 1. The van der Waals surface area contributed by atoms with E-state index in [0.29, 0.717) is 17.6 Å². The minimum Gasteiger partial charge on any atom is -0.494 e. The van der Waals surface area contributed by atoms with Gasteiger partial charge in [-0.1, -0.05) is 42.1 Å². The number of carbonyl (C=O) groups is 1. The molecule has 2 N–H and O–H groups in total. The first-order valence-electron chi connectivity index (χ1n) is 10.1. The van der Waals surface area contributed by atoms with E-state index >= 15 is 0 Å². The topological polar surface area (TPSA) is 86.3 Å². The summed E-state index contributed by atoms with van der Waals surface area (Å²) in [5.74, 6) is 7.75. The van der Waals surface area contributed by atoms with Gasteiger partial charge in [0.25, 0.3) is 0 Å². The Kier molecular flexibility index (Phi) is 6.23. The number of hydrogen-bond acceptors (Lipinski definition) is 6. The van der Waals surface area contributed by atoms with Crippen LogP contribution in [0.5, 0.6) is 5.75 Å². The second-order valence-electron chi connectivity index (χ2n) is 7.07. The second-order valence-corrected chi connectivity index (χ2v) is 8.15. The number of hydrogen-bond donors (Lipinski definition) is 1. The summed E-state index contributed by atoms with van der Waals surface area (Å²) in [6, 6.07) is 17.3. The van der Waals surface area contributed by atoms with Crippen molar-refractivity contribution in [3.63, 3.8) is 0 Å². The van der Waals surface area contributed by atoms with Gasteiger partial charge in [-0.2, -0.15) is 0 Å². The Balaban J connectivity index is 1.59. The molecule has 0 spiro atoms. The van der Waals surface area contributed by atoms with Crippen molar-refractivity contribution in [3.05, 3.63) is 60.2 Å². The third-order valence-corrected chi connectivity index (χ3v) is 6.25. The van der Waals surface area contributed by atoms with Gasteiger partial charge in [0.1, 0.15) is 11.0 Å². The Labute approximate surface area is 180 Å². The predicted octanol–water partition coefficient (Wildman–Crippen LogP) is 3.51. The van der Waals surface area contributed by atoms with Crippen molar-refractivity contribution >= 4 is 17.7 Å². The third-order valence-electron chi connectivity index (χ3n) is 5.06. The maximum atomic E-state index is 13.2. The second kappa shape index (κ2) is 9.21. The zero-order valence-corrected chi connectivity index (χ0v) is 17.7. The molecule has 7 nitrogen and oxygen atoms in total. The Bertz CT molecular complexity index is 985. The van der Waals surface area contributed by atoms with E-state index in [1.54, 1.807) is 0 Å². The predicted molar refractivity (Wildman–Crippen MR) is 118 cm³/mol. The molecule has 4 rings (SSSR count). The molecule has 1 aliphatic heterocycles. The molecule has 1 unspecified atom stereocenters. The lowest BCUT2D eigenvalue weighted by atomic mass is 10.1. The number of rotatable bonds is 7. The van der Waals surface area contributed by atoms with Gasteiger partial charge in [0.15, 0.2) is 5.82 Å². The highest BCUT2D eigenvalue weighted by Crippen LogP contribution is 2.37. The van der Waals surface area contributed by atoms with Crippen LogP contribution in [0.25, 0.3) is 11.4 Å². The summed E-state index contributed by atoms with van der Waals surface area (Å²) in [5.41, 5.74) is 1.77. The molecule has 1 aromatic heterocycles. The SMILES string of the molecule is CCOc1ccc(-c2nnc(SC(C(=O)N3CCCC3)c3ccccc3)n2N)cc1. The smallest absolute Gasteiger partial charge is 0.240 e. The zero-order valence-electron chi connectivity index (χ0n) is 16.9. The molecule has 1 fully saturated rings. The summed E-state index contributed by atoms with van der Waals surface area (Å²) in [6.07, 6.45) is 2.10. The Morgan fingerprint density at radius 1 is 1.10 bits per heavy atom. The van der Waals surface area contributed by atoms with Crippen LogP contribution in [-0.4, -0.2) is 45.4 Å². The van der Waals surface area contributed by atoms with E-state index in [-0.39, 0.29) is 5.91 Å². The van der Waals surface area contributed by atoms with Crippen molar-refractivity contribution in [2.45, 2.75) is 30.2 Å². The van der Waals surface area contributed by atoms with Gasteiger partial charge in [0.05, 0.1) is 6.61 Å². The van der Waals surface area contributed by atoms with Gasteiger partial charge in [-0.3, -0.25) is 4.79 Å². The van der Waals surface area contributed by atoms with E-state index in [2.05, 4.69) is 10.2 Å². The Morgan fingerprint density at radius 2 is 1.80 bits per heavy atom. The number of ether oxygens (including phenoxy) is 1. The van der Waals surface area contributed by atoms with Gasteiger partial charge in [-0.25, -0.2) is 4.68 Å². The number of thioether (sulfide) groups is 1. The molecule has 1 amide bonds. The fourth-order valence-electron chi connectivity index (χ4n) is 3.52. The molecule has 1 atom stereocenters. The van der Waals surface area contributed by atoms with Crippen molar-refractivity contribution in [1.29, 1.82) is 0 Å². The Morgan fingerprint density at radius 3 is 2.47 bits per heavy atom. The number of aromatic nitrogens is 3. The van der Waals surface area contributed by atoms with Crippen molar-refractivity contribution in [2.24, 2.45) is 0 Å². The first-order valence-corrected chi connectivity index (χ1v) is 11.0. The third kappa shape index (κ3) is 4.28. The minimum atomic E-state index is -0.413. The van der Waals surface area contributed by atoms with Crippen LogP contribution in [0, 0.1) is 0 Å². The van der Waals surface area contributed by atoms with Crippen LogP contribution in [0.1, 0.15) is 30.6 Å². The van der Waals surface area contributed by atoms with E-state index < -0.39 is 5.25 Å². The van der Waals surface area contributed by atoms with E-state index in [1.165, 1.54) is 16.4 Å². The summed E-state index contributed by atoms with van der Waals surface area (Å²) in [4.78, 5) is 15.2. The highest BCUT2D eigenvalue weighted by molar-refractivity contribution is 8.00. The molecule has 156 valence electrons. The van der Waals surface area contributed by atoms with Crippen molar-refractivity contribution < 1.29 is 9.53 Å². The maximum Gasteiger partial charge on any atom is 0.240 e. The standard InChI is InChI=1S/C22H25N5O2S/c1-2-29-18-12-10-17(11-13-18)20-24-25-22(27(20)23)30-19(16-8-4-3-5-9-16)21(28)26-14-6-7-15-26/h3-5,8-13,19H,2,6-7,14-15,23H2,1H3. The van der Waals surface area contributed by atoms with Crippen LogP contribution in [-0.2, 0) is 4.79 Å². The molecule has 0 aliphatic carbocycles. The quantitative estimate of drug-likeness (QED) is 0.462. The molecule has 0 saturated carbocycles. The molecule has 8 heteroatoms. The summed E-state index contributed by atoms with van der Waals surface area (Å²) in [7, 11) is 0. The largest absolute Gasteiger partial charge is 0.494 e. The van der Waals surface area contributed by atoms with Crippen LogP contribution in [0.3, 0.4) is 0 Å². The molecule has 1 saturated heterocycles. The molecule has 2 aromatic carbocycles. The lowest BCUT2D eigenvalue weighted by Crippen LogP contribution is -2.31. The summed E-state index contributed by atoms with van der Waals surface area (Å²) in [6.45, 7) is 4.16. The Hall–Kier alpha value is -3.00.